The van der Waals surface area contributed by atoms with Gasteiger partial charge >= 0.3 is 6.03 Å². The van der Waals surface area contributed by atoms with Crippen LogP contribution < -0.4 is 10.6 Å². The van der Waals surface area contributed by atoms with Crippen molar-refractivity contribution < 1.29 is 9.59 Å². The molecule has 0 aliphatic carbocycles. The molecule has 178 valence electrons. The van der Waals surface area contributed by atoms with Gasteiger partial charge in [0.05, 0.1) is 12.9 Å². The van der Waals surface area contributed by atoms with Gasteiger partial charge in [-0.3, -0.25) is 9.69 Å². The van der Waals surface area contributed by atoms with Crippen LogP contribution in [0.5, 0.6) is 0 Å². The van der Waals surface area contributed by atoms with Gasteiger partial charge in [0.2, 0.25) is 5.91 Å². The van der Waals surface area contributed by atoms with Crippen molar-refractivity contribution in [3.05, 3.63) is 83.9 Å². The average molecular weight is 461 g/mol. The minimum absolute atomic E-state index is 0.0191. The lowest BCUT2D eigenvalue weighted by atomic mass is 10.1. The third kappa shape index (κ3) is 6.45. The monoisotopic (exact) mass is 460 g/mol. The molecule has 2 heterocycles. The predicted molar refractivity (Wildman–Crippen MR) is 132 cm³/mol. The van der Waals surface area contributed by atoms with Crippen LogP contribution in [0.2, 0.25) is 0 Å². The number of amides is 3. The zero-order valence-electron chi connectivity index (χ0n) is 19.6. The van der Waals surface area contributed by atoms with Gasteiger partial charge in [0.1, 0.15) is 0 Å². The summed E-state index contributed by atoms with van der Waals surface area (Å²) in [7, 11) is 0. The maximum absolute atomic E-state index is 12.7. The lowest BCUT2D eigenvalue weighted by molar-refractivity contribution is -0.117. The van der Waals surface area contributed by atoms with Gasteiger partial charge in [0.15, 0.2) is 0 Å². The fourth-order valence-electron chi connectivity index (χ4n) is 4.17. The Morgan fingerprint density at radius 3 is 2.56 bits per heavy atom. The smallest absolute Gasteiger partial charge is 0.317 e. The van der Waals surface area contributed by atoms with Gasteiger partial charge in [-0.25, -0.2) is 9.78 Å². The highest BCUT2D eigenvalue weighted by Gasteiger charge is 2.22. The molecule has 1 aliphatic rings. The number of hydrogen-bond donors (Lipinski definition) is 2. The highest BCUT2D eigenvalue weighted by molar-refractivity contribution is 5.93. The van der Waals surface area contributed by atoms with Crippen LogP contribution in [0.1, 0.15) is 23.6 Å². The molecular formula is C26H32N6O2. The fourth-order valence-corrected chi connectivity index (χ4v) is 4.17. The maximum atomic E-state index is 12.7. The van der Waals surface area contributed by atoms with E-state index >= 15 is 0 Å². The molecule has 1 aromatic heterocycles. The quantitative estimate of drug-likeness (QED) is 0.542. The van der Waals surface area contributed by atoms with E-state index < -0.39 is 0 Å². The molecule has 8 nitrogen and oxygen atoms in total. The number of para-hydroxylation sites is 1. The molecule has 3 aromatic rings. The van der Waals surface area contributed by atoms with Crippen molar-refractivity contribution in [1.29, 1.82) is 0 Å². The topological polar surface area (TPSA) is 82.5 Å². The van der Waals surface area contributed by atoms with Crippen LogP contribution in [0, 0.1) is 0 Å². The minimum Gasteiger partial charge on any atom is -0.334 e. The van der Waals surface area contributed by atoms with Gasteiger partial charge in [-0.05, 0) is 29.2 Å². The second kappa shape index (κ2) is 11.5. The zero-order chi connectivity index (χ0) is 23.8. The van der Waals surface area contributed by atoms with Crippen LogP contribution in [0.25, 0.3) is 0 Å². The maximum Gasteiger partial charge on any atom is 0.317 e. The van der Waals surface area contributed by atoms with Crippen LogP contribution in [0.3, 0.4) is 0 Å². The number of nitrogens with zero attached hydrogens (tertiary/aromatic N) is 4. The standard InChI is InChI=1S/C26H32N6O2/c1-2-23-8-3-4-9-24(23)29-25(33)19-30-12-14-32(15-13-30)26(34)28-17-21-6-5-7-22(16-21)18-31-11-10-27-20-31/h3-11,16,20H,2,12-15,17-19H2,1H3,(H,28,34)(H,29,33). The molecule has 3 amide bonds. The molecule has 0 atom stereocenters. The summed E-state index contributed by atoms with van der Waals surface area (Å²) < 4.78 is 2.01. The summed E-state index contributed by atoms with van der Waals surface area (Å²) in [6, 6.07) is 16.0. The number of nitrogens with one attached hydrogen (secondary N) is 2. The van der Waals surface area contributed by atoms with Crippen molar-refractivity contribution in [3.63, 3.8) is 0 Å². The predicted octanol–water partition coefficient (Wildman–Crippen LogP) is 2.96. The summed E-state index contributed by atoms with van der Waals surface area (Å²) in [6.45, 7) is 6.20. The minimum atomic E-state index is -0.0685. The normalized spacial score (nSPS) is 14.1. The van der Waals surface area contributed by atoms with Crippen LogP contribution in [0.4, 0.5) is 10.5 Å². The number of imidazole rings is 1. The van der Waals surface area contributed by atoms with E-state index in [1.807, 2.05) is 52.1 Å². The summed E-state index contributed by atoms with van der Waals surface area (Å²) in [4.78, 5) is 33.1. The molecule has 0 radical (unpaired) electrons. The second-order valence-corrected chi connectivity index (χ2v) is 8.54. The molecule has 0 saturated carbocycles. The Labute approximate surface area is 200 Å². The van der Waals surface area contributed by atoms with E-state index in [0.29, 0.717) is 39.3 Å². The zero-order valence-corrected chi connectivity index (χ0v) is 19.6. The Bertz CT molecular complexity index is 1090. The van der Waals surface area contributed by atoms with E-state index in [0.717, 1.165) is 29.8 Å². The Balaban J connectivity index is 1.20. The summed E-state index contributed by atoms with van der Waals surface area (Å²) in [5.74, 6) is -0.0191. The Hall–Kier alpha value is -3.65. The Morgan fingerprint density at radius 1 is 1.00 bits per heavy atom. The Morgan fingerprint density at radius 2 is 1.79 bits per heavy atom. The molecule has 1 fully saturated rings. The van der Waals surface area contributed by atoms with Crippen LogP contribution in [-0.4, -0.2) is 64.0 Å². The molecule has 34 heavy (non-hydrogen) atoms. The summed E-state index contributed by atoms with van der Waals surface area (Å²) in [6.07, 6.45) is 6.37. The number of aryl methyl sites for hydroxylation is 1. The first-order chi connectivity index (χ1) is 16.6. The number of carbonyl (C=O) groups is 2. The molecule has 0 spiro atoms. The van der Waals surface area contributed by atoms with Crippen molar-refractivity contribution in [2.24, 2.45) is 0 Å². The molecule has 1 aliphatic heterocycles. The van der Waals surface area contributed by atoms with E-state index in [-0.39, 0.29) is 11.9 Å². The van der Waals surface area contributed by atoms with Crippen molar-refractivity contribution in [3.8, 4) is 0 Å². The number of anilines is 1. The highest BCUT2D eigenvalue weighted by atomic mass is 16.2. The number of rotatable bonds is 8. The number of benzene rings is 2. The first kappa shape index (κ1) is 23.5. The summed E-state index contributed by atoms with van der Waals surface area (Å²) in [5, 5.41) is 6.05. The fraction of sp³-hybridized carbons (Fsp3) is 0.346. The lowest BCUT2D eigenvalue weighted by Crippen LogP contribution is -2.52. The number of hydrogen-bond acceptors (Lipinski definition) is 4. The average Bonchev–Trinajstić information content (AvgIpc) is 3.36. The third-order valence-electron chi connectivity index (χ3n) is 6.06. The SMILES string of the molecule is CCc1ccccc1NC(=O)CN1CCN(C(=O)NCc2cccc(Cn3ccnc3)c2)CC1. The molecule has 2 aromatic carbocycles. The van der Waals surface area contributed by atoms with E-state index in [1.54, 1.807) is 12.5 Å². The summed E-state index contributed by atoms with van der Waals surface area (Å²) >= 11 is 0. The first-order valence-electron chi connectivity index (χ1n) is 11.8. The van der Waals surface area contributed by atoms with Crippen LogP contribution >= 0.6 is 0 Å². The number of carbonyl (C=O) groups excluding carboxylic acids is 2. The molecule has 4 rings (SSSR count). The molecular weight excluding hydrogens is 428 g/mol. The second-order valence-electron chi connectivity index (χ2n) is 8.54. The largest absolute Gasteiger partial charge is 0.334 e. The molecule has 0 bridgehead atoms. The van der Waals surface area contributed by atoms with E-state index in [9.17, 15) is 9.59 Å². The van der Waals surface area contributed by atoms with Crippen LogP contribution in [0.15, 0.2) is 67.3 Å². The Kier molecular flexibility index (Phi) is 7.93. The number of urea groups is 1. The van der Waals surface area contributed by atoms with Gasteiger partial charge < -0.3 is 20.1 Å². The molecule has 0 unspecified atom stereocenters. The molecule has 2 N–H and O–H groups in total. The van der Waals surface area contributed by atoms with Crippen LogP contribution in [-0.2, 0) is 24.3 Å². The van der Waals surface area contributed by atoms with E-state index in [2.05, 4.69) is 39.6 Å². The van der Waals surface area contributed by atoms with Gasteiger partial charge in [0, 0.05) is 57.3 Å². The van der Waals surface area contributed by atoms with Crippen molar-refractivity contribution in [2.75, 3.05) is 38.0 Å². The van der Waals surface area contributed by atoms with Crippen molar-refractivity contribution in [2.45, 2.75) is 26.4 Å². The molecule has 8 heteroatoms. The van der Waals surface area contributed by atoms with Gasteiger partial charge in [-0.1, -0.05) is 49.4 Å². The molecule has 1 saturated heterocycles. The lowest BCUT2D eigenvalue weighted by Gasteiger charge is -2.34. The first-order valence-corrected chi connectivity index (χ1v) is 11.8. The van der Waals surface area contributed by atoms with Gasteiger partial charge in [0.25, 0.3) is 0 Å². The van der Waals surface area contributed by atoms with Gasteiger partial charge in [-0.15, -0.1) is 0 Å². The highest BCUT2D eigenvalue weighted by Crippen LogP contribution is 2.15. The van der Waals surface area contributed by atoms with Gasteiger partial charge in [-0.2, -0.15) is 0 Å². The third-order valence-corrected chi connectivity index (χ3v) is 6.06. The number of piperazine rings is 1. The van der Waals surface area contributed by atoms with Crippen molar-refractivity contribution >= 4 is 17.6 Å². The van der Waals surface area contributed by atoms with Crippen molar-refractivity contribution in [1.82, 2.24) is 24.7 Å². The van der Waals surface area contributed by atoms with E-state index in [1.165, 1.54) is 5.56 Å². The van der Waals surface area contributed by atoms with E-state index in [4.69, 9.17) is 0 Å². The number of aromatic nitrogens is 2. The summed E-state index contributed by atoms with van der Waals surface area (Å²) in [5.41, 5.74) is 4.23.